The molecule has 1 N–H and O–H groups in total. The highest BCUT2D eigenvalue weighted by atomic mass is 127. The molecular weight excluding hydrogens is 445 g/mol. The number of aryl methyl sites for hydroxylation is 1. The lowest BCUT2D eigenvalue weighted by atomic mass is 10.0. The van der Waals surface area contributed by atoms with Gasteiger partial charge < -0.3 is 5.32 Å². The third-order valence-electron chi connectivity index (χ3n) is 4.66. The zero-order chi connectivity index (χ0) is 17.4. The van der Waals surface area contributed by atoms with Crippen LogP contribution in [-0.4, -0.2) is 16.3 Å². The van der Waals surface area contributed by atoms with E-state index in [0.29, 0.717) is 0 Å². The lowest BCUT2D eigenvalue weighted by Gasteiger charge is -2.10. The second-order valence-electron chi connectivity index (χ2n) is 6.38. The van der Waals surface area contributed by atoms with Crippen LogP contribution in [0.1, 0.15) is 24.0 Å². The summed E-state index contributed by atoms with van der Waals surface area (Å²) in [6, 6.07) is 14.6. The zero-order valence-corrected chi connectivity index (χ0v) is 16.9. The van der Waals surface area contributed by atoms with Crippen LogP contribution in [0.15, 0.2) is 42.5 Å². The van der Waals surface area contributed by atoms with Crippen LogP contribution >= 0.6 is 34.2 Å². The number of halogens is 2. The molecule has 3 nitrogen and oxygen atoms in total. The molecule has 0 fully saturated rings. The van der Waals surface area contributed by atoms with Crippen molar-refractivity contribution in [2.45, 2.75) is 26.2 Å². The van der Waals surface area contributed by atoms with E-state index in [9.17, 15) is 0 Å². The number of nitrogens with one attached hydrogen (secondary N) is 1. The minimum Gasteiger partial charge on any atom is -0.370 e. The smallest absolute Gasteiger partial charge is 0.133 e. The highest BCUT2D eigenvalue weighted by Gasteiger charge is 2.22. The van der Waals surface area contributed by atoms with Gasteiger partial charge in [-0.15, -0.1) is 0 Å². The van der Waals surface area contributed by atoms with E-state index < -0.39 is 0 Å². The first-order valence-corrected chi connectivity index (χ1v) is 9.98. The van der Waals surface area contributed by atoms with Crippen LogP contribution in [0.4, 0.5) is 5.82 Å². The Morgan fingerprint density at radius 1 is 1.16 bits per heavy atom. The second-order valence-corrected chi connectivity index (χ2v) is 7.95. The molecule has 3 aromatic rings. The second kappa shape index (κ2) is 7.00. The normalized spacial score (nSPS) is 13.9. The standard InChI is InChI=1S/C20H19ClIN3/c1-13-9-10-14(12-17(13)21)25-20-16(7-4-5-11-23-20)19(24-25)15-6-2-3-8-18(15)22/h2-3,6,8-10,12,23H,4-5,7,11H2,1H3. The van der Waals surface area contributed by atoms with Crippen LogP contribution in [0.3, 0.4) is 0 Å². The molecule has 0 saturated heterocycles. The Hall–Kier alpha value is -1.53. The van der Waals surface area contributed by atoms with Crippen molar-refractivity contribution in [2.24, 2.45) is 0 Å². The predicted octanol–water partition coefficient (Wildman–Crippen LogP) is 5.85. The molecule has 25 heavy (non-hydrogen) atoms. The summed E-state index contributed by atoms with van der Waals surface area (Å²) in [6.45, 7) is 3.00. The molecular formula is C20H19ClIN3. The molecule has 5 heteroatoms. The molecule has 1 aromatic heterocycles. The molecule has 2 aromatic carbocycles. The fourth-order valence-corrected chi connectivity index (χ4v) is 4.09. The van der Waals surface area contributed by atoms with E-state index in [2.05, 4.69) is 58.2 Å². The van der Waals surface area contributed by atoms with E-state index in [4.69, 9.17) is 16.7 Å². The summed E-state index contributed by atoms with van der Waals surface area (Å²) >= 11 is 8.76. The zero-order valence-electron chi connectivity index (χ0n) is 14.0. The van der Waals surface area contributed by atoms with Gasteiger partial charge in [0.15, 0.2) is 0 Å². The van der Waals surface area contributed by atoms with Gasteiger partial charge in [0, 0.05) is 26.3 Å². The van der Waals surface area contributed by atoms with Gasteiger partial charge in [-0.25, -0.2) is 4.68 Å². The Balaban J connectivity index is 1.93. The Morgan fingerprint density at radius 2 is 2.00 bits per heavy atom. The van der Waals surface area contributed by atoms with Crippen LogP contribution in [-0.2, 0) is 6.42 Å². The van der Waals surface area contributed by atoms with Gasteiger partial charge in [0.25, 0.3) is 0 Å². The van der Waals surface area contributed by atoms with Gasteiger partial charge in [0.2, 0.25) is 0 Å². The van der Waals surface area contributed by atoms with Crippen molar-refractivity contribution in [1.82, 2.24) is 9.78 Å². The van der Waals surface area contributed by atoms with Gasteiger partial charge in [-0.05, 0) is 72.5 Å². The summed E-state index contributed by atoms with van der Waals surface area (Å²) in [6.07, 6.45) is 3.40. The molecule has 0 saturated carbocycles. The van der Waals surface area contributed by atoms with Gasteiger partial charge in [-0.2, -0.15) is 5.10 Å². The number of rotatable bonds is 2. The summed E-state index contributed by atoms with van der Waals surface area (Å²) in [5.74, 6) is 1.10. The van der Waals surface area contributed by atoms with Crippen molar-refractivity contribution in [1.29, 1.82) is 0 Å². The quantitative estimate of drug-likeness (QED) is 0.483. The molecule has 4 rings (SSSR count). The number of hydrogen-bond acceptors (Lipinski definition) is 2. The average Bonchev–Trinajstić information content (AvgIpc) is 2.79. The first-order valence-electron chi connectivity index (χ1n) is 8.52. The largest absolute Gasteiger partial charge is 0.370 e. The van der Waals surface area contributed by atoms with Gasteiger partial charge in [0.1, 0.15) is 5.82 Å². The highest BCUT2D eigenvalue weighted by Crippen LogP contribution is 2.36. The molecule has 0 atom stereocenters. The molecule has 0 spiro atoms. The van der Waals surface area contributed by atoms with E-state index in [-0.39, 0.29) is 0 Å². The molecule has 0 aliphatic carbocycles. The molecule has 128 valence electrons. The van der Waals surface area contributed by atoms with Crippen molar-refractivity contribution in [2.75, 3.05) is 11.9 Å². The SMILES string of the molecule is Cc1ccc(-n2nc(-c3ccccc3I)c3c2NCCCC3)cc1Cl. The van der Waals surface area contributed by atoms with Crippen LogP contribution < -0.4 is 5.32 Å². The van der Waals surface area contributed by atoms with Crippen molar-refractivity contribution in [3.63, 3.8) is 0 Å². The third-order valence-corrected chi connectivity index (χ3v) is 6.01. The number of benzene rings is 2. The summed E-state index contributed by atoms with van der Waals surface area (Å²) in [7, 11) is 0. The highest BCUT2D eigenvalue weighted by molar-refractivity contribution is 14.1. The number of nitrogens with zero attached hydrogens (tertiary/aromatic N) is 2. The van der Waals surface area contributed by atoms with Crippen molar-refractivity contribution in [3.05, 3.63) is 62.2 Å². The van der Waals surface area contributed by atoms with E-state index in [1.807, 2.05) is 23.7 Å². The fourth-order valence-electron chi connectivity index (χ4n) is 3.27. The van der Waals surface area contributed by atoms with E-state index in [1.165, 1.54) is 27.5 Å². The molecule has 0 amide bonds. The van der Waals surface area contributed by atoms with E-state index >= 15 is 0 Å². The topological polar surface area (TPSA) is 29.9 Å². The average molecular weight is 464 g/mol. The first-order chi connectivity index (χ1) is 12.1. The Morgan fingerprint density at radius 3 is 2.80 bits per heavy atom. The fraction of sp³-hybridized carbons (Fsp3) is 0.250. The van der Waals surface area contributed by atoms with Crippen LogP contribution in [0.25, 0.3) is 16.9 Å². The van der Waals surface area contributed by atoms with Crippen molar-refractivity contribution < 1.29 is 0 Å². The summed E-state index contributed by atoms with van der Waals surface area (Å²) in [5, 5.41) is 9.36. The van der Waals surface area contributed by atoms with Gasteiger partial charge in [0.05, 0.1) is 11.4 Å². The summed E-state index contributed by atoms with van der Waals surface area (Å²) in [5.41, 5.74) is 5.65. The predicted molar refractivity (Wildman–Crippen MR) is 113 cm³/mol. The lowest BCUT2D eigenvalue weighted by molar-refractivity contribution is 0.780. The molecule has 1 aliphatic heterocycles. The number of aromatic nitrogens is 2. The van der Waals surface area contributed by atoms with E-state index in [1.54, 1.807) is 0 Å². The molecule has 0 bridgehead atoms. The number of fused-ring (bicyclic) bond motifs is 1. The Kier molecular flexibility index (Phi) is 4.73. The van der Waals surface area contributed by atoms with E-state index in [0.717, 1.165) is 40.8 Å². The lowest BCUT2D eigenvalue weighted by Crippen LogP contribution is -2.07. The van der Waals surface area contributed by atoms with Crippen molar-refractivity contribution in [3.8, 4) is 16.9 Å². The molecule has 2 heterocycles. The van der Waals surface area contributed by atoms with Crippen LogP contribution in [0, 0.1) is 10.5 Å². The van der Waals surface area contributed by atoms with Gasteiger partial charge in [-0.1, -0.05) is 35.9 Å². The first kappa shape index (κ1) is 16.9. The van der Waals surface area contributed by atoms with Crippen LogP contribution in [0.5, 0.6) is 0 Å². The molecule has 0 radical (unpaired) electrons. The minimum atomic E-state index is 0.770. The monoisotopic (exact) mass is 463 g/mol. The molecule has 1 aliphatic rings. The Bertz CT molecular complexity index is 933. The maximum atomic E-state index is 6.37. The summed E-state index contributed by atoms with van der Waals surface area (Å²) < 4.78 is 3.24. The maximum absolute atomic E-state index is 6.37. The summed E-state index contributed by atoms with van der Waals surface area (Å²) in [4.78, 5) is 0. The van der Waals surface area contributed by atoms with Crippen molar-refractivity contribution >= 4 is 40.0 Å². The number of anilines is 1. The van der Waals surface area contributed by atoms with Gasteiger partial charge >= 0.3 is 0 Å². The van der Waals surface area contributed by atoms with Crippen LogP contribution in [0.2, 0.25) is 5.02 Å². The maximum Gasteiger partial charge on any atom is 0.133 e. The third kappa shape index (κ3) is 3.17. The van der Waals surface area contributed by atoms with Gasteiger partial charge in [-0.3, -0.25) is 0 Å². The number of hydrogen-bond donors (Lipinski definition) is 1. The molecule has 0 unspecified atom stereocenters. The Labute approximate surface area is 166 Å². The minimum absolute atomic E-state index is 0.770.